The average molecular weight is 358 g/mol. The third-order valence-electron chi connectivity index (χ3n) is 4.11. The van der Waals surface area contributed by atoms with Crippen molar-refractivity contribution in [1.29, 1.82) is 0 Å². The normalized spacial score (nSPS) is 17.7. The Morgan fingerprint density at radius 1 is 1.29 bits per heavy atom. The van der Waals surface area contributed by atoms with Crippen molar-refractivity contribution in [2.75, 3.05) is 13.1 Å². The number of aromatic hydroxyl groups is 1. The summed E-state index contributed by atoms with van der Waals surface area (Å²) >= 11 is 0. The summed E-state index contributed by atoms with van der Waals surface area (Å²) in [6.45, 7) is 5.65. The molecular weight excluding hydrogens is 335 g/mol. The van der Waals surface area contributed by atoms with Crippen LogP contribution in [0, 0.1) is 5.82 Å². The number of sulfonamides is 1. The van der Waals surface area contributed by atoms with E-state index in [1.165, 1.54) is 10.4 Å². The average Bonchev–Trinajstić information content (AvgIpc) is 2.46. The van der Waals surface area contributed by atoms with Crippen molar-refractivity contribution in [2.45, 2.75) is 44.4 Å². The van der Waals surface area contributed by atoms with Crippen molar-refractivity contribution in [2.24, 2.45) is 0 Å². The lowest BCUT2D eigenvalue weighted by Crippen LogP contribution is -2.50. The molecule has 1 aliphatic rings. The van der Waals surface area contributed by atoms with Crippen molar-refractivity contribution in [3.8, 4) is 5.75 Å². The zero-order valence-corrected chi connectivity index (χ0v) is 14.9. The summed E-state index contributed by atoms with van der Waals surface area (Å²) in [5, 5.41) is 12.4. The van der Waals surface area contributed by atoms with Crippen LogP contribution in [0.15, 0.2) is 18.2 Å². The number of hydrogen-bond acceptors (Lipinski definition) is 4. The summed E-state index contributed by atoms with van der Waals surface area (Å²) in [5.41, 5.74) is 0.00106. The summed E-state index contributed by atoms with van der Waals surface area (Å²) in [6, 6.07) is 3.02. The zero-order chi connectivity index (χ0) is 18.1. The van der Waals surface area contributed by atoms with E-state index >= 15 is 0 Å². The first-order valence-corrected chi connectivity index (χ1v) is 9.25. The van der Waals surface area contributed by atoms with E-state index in [4.69, 9.17) is 0 Å². The minimum Gasteiger partial charge on any atom is -0.507 e. The van der Waals surface area contributed by atoms with Gasteiger partial charge in [0.05, 0.1) is 10.3 Å². The number of piperidine rings is 1. The van der Waals surface area contributed by atoms with Gasteiger partial charge in [0.2, 0.25) is 10.0 Å². The molecule has 134 valence electrons. The molecule has 0 unspecified atom stereocenters. The third-order valence-corrected chi connectivity index (χ3v) is 6.70. The lowest BCUT2D eigenvalue weighted by atomic mass is 10.1. The standard InChI is InChI=1S/C16H23FN2O4S/c1-16(2,3)24(22,23)19-8-6-12(7-9-19)18-15(21)13-5-4-11(17)10-14(13)20/h4-5,10,12,20H,6-9H2,1-3H3,(H,18,21). The molecule has 0 spiro atoms. The van der Waals surface area contributed by atoms with Gasteiger partial charge in [0.15, 0.2) is 0 Å². The van der Waals surface area contributed by atoms with Crippen LogP contribution in [-0.2, 0) is 10.0 Å². The van der Waals surface area contributed by atoms with Gasteiger partial charge in [-0.15, -0.1) is 0 Å². The lowest BCUT2D eigenvalue weighted by molar-refractivity contribution is 0.0921. The van der Waals surface area contributed by atoms with E-state index in [1.807, 2.05) is 0 Å². The topological polar surface area (TPSA) is 86.7 Å². The number of nitrogens with zero attached hydrogens (tertiary/aromatic N) is 1. The van der Waals surface area contributed by atoms with Crippen molar-refractivity contribution in [3.63, 3.8) is 0 Å². The quantitative estimate of drug-likeness (QED) is 0.863. The molecule has 0 bridgehead atoms. The van der Waals surface area contributed by atoms with Crippen molar-refractivity contribution >= 4 is 15.9 Å². The minimum atomic E-state index is -3.38. The molecule has 0 atom stereocenters. The molecule has 0 saturated carbocycles. The highest BCUT2D eigenvalue weighted by molar-refractivity contribution is 7.90. The van der Waals surface area contributed by atoms with Gasteiger partial charge in [-0.25, -0.2) is 17.1 Å². The molecule has 8 heteroatoms. The lowest BCUT2D eigenvalue weighted by Gasteiger charge is -2.35. The molecule has 0 radical (unpaired) electrons. The molecule has 0 aliphatic carbocycles. The largest absolute Gasteiger partial charge is 0.507 e. The molecule has 1 aromatic rings. The molecule has 1 amide bonds. The number of halogens is 1. The van der Waals surface area contributed by atoms with Crippen LogP contribution in [0.1, 0.15) is 44.0 Å². The monoisotopic (exact) mass is 358 g/mol. The van der Waals surface area contributed by atoms with Crippen LogP contribution in [-0.4, -0.2) is 47.6 Å². The van der Waals surface area contributed by atoms with Gasteiger partial charge in [-0.3, -0.25) is 4.79 Å². The van der Waals surface area contributed by atoms with E-state index in [2.05, 4.69) is 5.32 Å². The number of phenolic OH excluding ortho intramolecular Hbond substituents is 1. The van der Waals surface area contributed by atoms with E-state index in [0.717, 1.165) is 12.1 Å². The number of nitrogens with one attached hydrogen (secondary N) is 1. The minimum absolute atomic E-state index is 0.00106. The third kappa shape index (κ3) is 3.87. The number of rotatable bonds is 3. The van der Waals surface area contributed by atoms with Crippen molar-refractivity contribution < 1.29 is 22.7 Å². The van der Waals surface area contributed by atoms with Gasteiger partial charge >= 0.3 is 0 Å². The van der Waals surface area contributed by atoms with Crippen LogP contribution < -0.4 is 5.32 Å². The fourth-order valence-corrected chi connectivity index (χ4v) is 4.05. The zero-order valence-electron chi connectivity index (χ0n) is 14.0. The van der Waals surface area contributed by atoms with Gasteiger partial charge in [-0.1, -0.05) is 0 Å². The fourth-order valence-electron chi connectivity index (χ4n) is 2.59. The number of carbonyl (C=O) groups excluding carboxylic acids is 1. The smallest absolute Gasteiger partial charge is 0.255 e. The Labute approximate surface area is 141 Å². The SMILES string of the molecule is CC(C)(C)S(=O)(=O)N1CCC(NC(=O)c2ccc(F)cc2O)CC1. The Hall–Kier alpha value is -1.67. The molecule has 24 heavy (non-hydrogen) atoms. The fraction of sp³-hybridized carbons (Fsp3) is 0.562. The Balaban J connectivity index is 1.97. The molecule has 1 aliphatic heterocycles. The van der Waals surface area contributed by atoms with E-state index < -0.39 is 32.2 Å². The number of carbonyl (C=O) groups is 1. The summed E-state index contributed by atoms with van der Waals surface area (Å²) in [4.78, 5) is 12.2. The first-order valence-electron chi connectivity index (χ1n) is 7.81. The highest BCUT2D eigenvalue weighted by atomic mass is 32.2. The van der Waals surface area contributed by atoms with Gasteiger partial charge in [0, 0.05) is 25.2 Å². The number of amides is 1. The Morgan fingerprint density at radius 2 is 1.88 bits per heavy atom. The van der Waals surface area contributed by atoms with E-state index in [1.54, 1.807) is 20.8 Å². The predicted molar refractivity (Wildman–Crippen MR) is 88.8 cm³/mol. The van der Waals surface area contributed by atoms with E-state index in [9.17, 15) is 22.7 Å². The van der Waals surface area contributed by atoms with Crippen LogP contribution in [0.3, 0.4) is 0 Å². The molecule has 1 saturated heterocycles. The molecular formula is C16H23FN2O4S. The van der Waals surface area contributed by atoms with Crippen LogP contribution in [0.4, 0.5) is 4.39 Å². The maximum atomic E-state index is 13.0. The van der Waals surface area contributed by atoms with Crippen LogP contribution in [0.2, 0.25) is 0 Å². The highest BCUT2D eigenvalue weighted by Gasteiger charge is 2.37. The Kier molecular flexibility index (Phi) is 5.19. The van der Waals surface area contributed by atoms with Crippen LogP contribution in [0.25, 0.3) is 0 Å². The molecule has 1 fully saturated rings. The first-order chi connectivity index (χ1) is 11.0. The molecule has 0 aromatic heterocycles. The number of hydrogen-bond donors (Lipinski definition) is 2. The number of benzene rings is 1. The maximum Gasteiger partial charge on any atom is 0.255 e. The molecule has 2 N–H and O–H groups in total. The van der Waals surface area contributed by atoms with E-state index in [0.29, 0.717) is 25.9 Å². The highest BCUT2D eigenvalue weighted by Crippen LogP contribution is 2.24. The Morgan fingerprint density at radius 3 is 2.38 bits per heavy atom. The van der Waals surface area contributed by atoms with E-state index in [-0.39, 0.29) is 11.6 Å². The second-order valence-corrected chi connectivity index (χ2v) is 9.62. The second kappa shape index (κ2) is 6.68. The number of phenols is 1. The van der Waals surface area contributed by atoms with Crippen molar-refractivity contribution in [3.05, 3.63) is 29.6 Å². The van der Waals surface area contributed by atoms with Gasteiger partial charge in [0.1, 0.15) is 11.6 Å². The van der Waals surface area contributed by atoms with Crippen LogP contribution in [0.5, 0.6) is 5.75 Å². The summed E-state index contributed by atoms with van der Waals surface area (Å²) in [6.07, 6.45) is 0.978. The predicted octanol–water partition coefficient (Wildman–Crippen LogP) is 1.85. The summed E-state index contributed by atoms with van der Waals surface area (Å²) in [7, 11) is -3.38. The Bertz CT molecular complexity index is 720. The van der Waals surface area contributed by atoms with Crippen LogP contribution >= 0.6 is 0 Å². The second-order valence-electron chi connectivity index (χ2n) is 6.93. The first kappa shape index (κ1) is 18.7. The summed E-state index contributed by atoms with van der Waals surface area (Å²) in [5.74, 6) is -1.53. The van der Waals surface area contributed by atoms with Gasteiger partial charge < -0.3 is 10.4 Å². The maximum absolute atomic E-state index is 13.0. The molecule has 6 nitrogen and oxygen atoms in total. The molecule has 1 aromatic carbocycles. The van der Waals surface area contributed by atoms with Crippen molar-refractivity contribution in [1.82, 2.24) is 9.62 Å². The van der Waals surface area contributed by atoms with Gasteiger partial charge in [-0.2, -0.15) is 0 Å². The molecule has 1 heterocycles. The van der Waals surface area contributed by atoms with Gasteiger partial charge in [0.25, 0.3) is 5.91 Å². The summed E-state index contributed by atoms with van der Waals surface area (Å²) < 4.78 is 38.4. The molecule has 2 rings (SSSR count). The van der Waals surface area contributed by atoms with Gasteiger partial charge in [-0.05, 0) is 45.7 Å².